The second kappa shape index (κ2) is 8.85. The molecule has 6 nitrogen and oxygen atoms in total. The monoisotopic (exact) mass is 349 g/mol. The maximum absolute atomic E-state index is 12.3. The van der Waals surface area contributed by atoms with Gasteiger partial charge in [-0.2, -0.15) is 0 Å². The molecule has 1 atom stereocenters. The molecule has 1 amide bonds. The maximum atomic E-state index is 12.3. The highest BCUT2D eigenvalue weighted by atomic mass is 16.5. The number of carbonyl (C=O) groups excluding carboxylic acids is 1. The van der Waals surface area contributed by atoms with Crippen molar-refractivity contribution < 1.29 is 24.2 Å². The summed E-state index contributed by atoms with van der Waals surface area (Å²) in [6.45, 7) is 3.43. The number of rotatable bonds is 9. The number of carboxylic acids is 1. The quantitative estimate of drug-likeness (QED) is 0.693. The molecule has 1 aliphatic heterocycles. The van der Waals surface area contributed by atoms with Crippen LogP contribution in [0.3, 0.4) is 0 Å². The molecule has 0 saturated carbocycles. The van der Waals surface area contributed by atoms with Gasteiger partial charge in [0.2, 0.25) is 5.91 Å². The summed E-state index contributed by atoms with van der Waals surface area (Å²) in [5.74, 6) is -0.0392. The van der Waals surface area contributed by atoms with E-state index in [1.807, 2.05) is 31.2 Å². The van der Waals surface area contributed by atoms with Crippen LogP contribution in [0.4, 0.5) is 0 Å². The summed E-state index contributed by atoms with van der Waals surface area (Å²) in [5.41, 5.74) is 0.193. The number of aryl methyl sites for hydroxylation is 1. The third-order valence-corrected chi connectivity index (χ3v) is 4.62. The zero-order valence-corrected chi connectivity index (χ0v) is 15.0. The second-order valence-corrected chi connectivity index (χ2v) is 6.71. The van der Waals surface area contributed by atoms with Gasteiger partial charge in [-0.1, -0.05) is 12.1 Å². The normalized spacial score (nSPS) is 19.8. The zero-order valence-electron chi connectivity index (χ0n) is 15.0. The minimum atomic E-state index is -0.960. The van der Waals surface area contributed by atoms with Crippen molar-refractivity contribution in [3.8, 4) is 5.75 Å². The van der Waals surface area contributed by atoms with E-state index in [4.69, 9.17) is 9.47 Å². The van der Waals surface area contributed by atoms with Crippen LogP contribution in [0.5, 0.6) is 5.75 Å². The van der Waals surface area contributed by atoms with Gasteiger partial charge in [0.15, 0.2) is 0 Å². The van der Waals surface area contributed by atoms with E-state index < -0.39 is 11.4 Å². The number of ether oxygens (including phenoxy) is 2. The minimum Gasteiger partial charge on any atom is -0.494 e. The lowest BCUT2D eigenvalue weighted by atomic mass is 9.88. The van der Waals surface area contributed by atoms with Crippen LogP contribution in [0.25, 0.3) is 0 Å². The van der Waals surface area contributed by atoms with Crippen LogP contribution < -0.4 is 4.74 Å². The number of nitrogens with zero attached hydrogens (tertiary/aromatic N) is 1. The zero-order chi connectivity index (χ0) is 18.3. The van der Waals surface area contributed by atoms with Gasteiger partial charge in [0, 0.05) is 26.6 Å². The van der Waals surface area contributed by atoms with Crippen LogP contribution >= 0.6 is 0 Å². The molecule has 0 spiro atoms. The molecule has 25 heavy (non-hydrogen) atoms. The number of amides is 1. The Morgan fingerprint density at radius 3 is 2.80 bits per heavy atom. The van der Waals surface area contributed by atoms with Gasteiger partial charge in [-0.15, -0.1) is 0 Å². The molecule has 1 aromatic carbocycles. The smallest absolute Gasteiger partial charge is 0.313 e. The number of hydrogen-bond donors (Lipinski definition) is 1. The highest BCUT2D eigenvalue weighted by Gasteiger charge is 2.46. The van der Waals surface area contributed by atoms with Gasteiger partial charge in [0.1, 0.15) is 11.2 Å². The highest BCUT2D eigenvalue weighted by Crippen LogP contribution is 2.31. The van der Waals surface area contributed by atoms with Crippen LogP contribution in [0, 0.1) is 12.3 Å². The molecular formula is C19H27NO5. The van der Waals surface area contributed by atoms with Crippen molar-refractivity contribution in [2.45, 2.75) is 32.6 Å². The topological polar surface area (TPSA) is 76.1 Å². The fourth-order valence-electron chi connectivity index (χ4n) is 3.15. The summed E-state index contributed by atoms with van der Waals surface area (Å²) in [6, 6.07) is 7.87. The highest BCUT2D eigenvalue weighted by molar-refractivity contribution is 5.80. The summed E-state index contributed by atoms with van der Waals surface area (Å²) < 4.78 is 10.7. The summed E-state index contributed by atoms with van der Waals surface area (Å²) in [4.78, 5) is 25.4. The lowest BCUT2D eigenvalue weighted by Crippen LogP contribution is -2.40. The molecule has 138 valence electrons. The van der Waals surface area contributed by atoms with Gasteiger partial charge in [-0.05, 0) is 43.9 Å². The number of hydrogen-bond acceptors (Lipinski definition) is 4. The second-order valence-electron chi connectivity index (χ2n) is 6.71. The molecule has 2 rings (SSSR count). The Hall–Kier alpha value is -2.08. The van der Waals surface area contributed by atoms with Crippen LogP contribution in [0.15, 0.2) is 24.3 Å². The molecule has 1 aromatic rings. The summed E-state index contributed by atoms with van der Waals surface area (Å²) in [5, 5.41) is 9.43. The Morgan fingerprint density at radius 2 is 2.12 bits per heavy atom. The van der Waals surface area contributed by atoms with Crippen molar-refractivity contribution in [1.29, 1.82) is 0 Å². The van der Waals surface area contributed by atoms with Crippen LogP contribution in [-0.4, -0.2) is 55.3 Å². The number of methoxy groups -OCH3 is 1. The van der Waals surface area contributed by atoms with E-state index in [0.29, 0.717) is 26.0 Å². The van der Waals surface area contributed by atoms with Gasteiger partial charge in [0.05, 0.1) is 13.2 Å². The van der Waals surface area contributed by atoms with Crippen molar-refractivity contribution in [2.24, 2.45) is 5.41 Å². The first-order chi connectivity index (χ1) is 12.0. The molecule has 1 heterocycles. The van der Waals surface area contributed by atoms with Crippen molar-refractivity contribution in [1.82, 2.24) is 4.90 Å². The van der Waals surface area contributed by atoms with Gasteiger partial charge >= 0.3 is 5.97 Å². The SMILES string of the molecule is COCC1(C(=O)O)CCN(C(=O)CCCCOc2cccc(C)c2)C1. The maximum Gasteiger partial charge on any atom is 0.313 e. The van der Waals surface area contributed by atoms with Gasteiger partial charge in [0.25, 0.3) is 0 Å². The first kappa shape index (κ1) is 19.2. The number of carbonyl (C=O) groups is 2. The number of unbranched alkanes of at least 4 members (excludes halogenated alkanes) is 1. The molecule has 6 heteroatoms. The van der Waals surface area contributed by atoms with E-state index in [2.05, 4.69) is 0 Å². The van der Waals surface area contributed by atoms with Crippen LogP contribution in [0.2, 0.25) is 0 Å². The Labute approximate surface area is 148 Å². The van der Waals surface area contributed by atoms with Crippen molar-refractivity contribution in [3.05, 3.63) is 29.8 Å². The number of aliphatic carboxylic acids is 1. The molecule has 1 saturated heterocycles. The predicted octanol–water partition coefficient (Wildman–Crippen LogP) is 2.49. The first-order valence-corrected chi connectivity index (χ1v) is 8.66. The lowest BCUT2D eigenvalue weighted by Gasteiger charge is -2.23. The summed E-state index contributed by atoms with van der Waals surface area (Å²) in [7, 11) is 1.49. The standard InChI is InChI=1S/C19H27NO5/c1-15-6-5-7-16(12-15)25-11-4-3-8-17(21)20-10-9-19(13-20,14-24-2)18(22)23/h5-7,12H,3-4,8-11,13-14H2,1-2H3,(H,22,23). The molecular weight excluding hydrogens is 322 g/mol. The number of benzene rings is 1. The third kappa shape index (κ3) is 5.19. The molecule has 1 N–H and O–H groups in total. The van der Waals surface area contributed by atoms with E-state index in [1.165, 1.54) is 7.11 Å². The molecule has 1 aliphatic rings. The Kier molecular flexibility index (Phi) is 6.82. The molecule has 0 aromatic heterocycles. The van der Waals surface area contributed by atoms with Crippen molar-refractivity contribution in [2.75, 3.05) is 33.4 Å². The average Bonchev–Trinajstić information content (AvgIpc) is 3.00. The molecule has 0 bridgehead atoms. The fraction of sp³-hybridized carbons (Fsp3) is 0.579. The molecule has 0 aliphatic carbocycles. The average molecular weight is 349 g/mol. The lowest BCUT2D eigenvalue weighted by molar-refractivity contribution is -0.151. The summed E-state index contributed by atoms with van der Waals surface area (Å²) >= 11 is 0. The van der Waals surface area contributed by atoms with E-state index in [1.54, 1.807) is 4.90 Å². The Bertz CT molecular complexity index is 603. The number of carboxylic acid groups (broad SMARTS) is 1. The Morgan fingerprint density at radius 1 is 1.32 bits per heavy atom. The predicted molar refractivity (Wildman–Crippen MR) is 93.7 cm³/mol. The minimum absolute atomic E-state index is 0.00906. The van der Waals surface area contributed by atoms with Gasteiger partial charge < -0.3 is 19.5 Å². The largest absolute Gasteiger partial charge is 0.494 e. The van der Waals surface area contributed by atoms with E-state index in [-0.39, 0.29) is 19.1 Å². The fourth-order valence-corrected chi connectivity index (χ4v) is 3.15. The first-order valence-electron chi connectivity index (χ1n) is 8.66. The van der Waals surface area contributed by atoms with Crippen LogP contribution in [0.1, 0.15) is 31.2 Å². The van der Waals surface area contributed by atoms with Gasteiger partial charge in [-0.25, -0.2) is 0 Å². The van der Waals surface area contributed by atoms with E-state index in [9.17, 15) is 14.7 Å². The molecule has 1 fully saturated rings. The number of likely N-dealkylation sites (tertiary alicyclic amines) is 1. The Balaban J connectivity index is 1.69. The molecule has 1 unspecified atom stereocenters. The van der Waals surface area contributed by atoms with Gasteiger partial charge in [-0.3, -0.25) is 9.59 Å². The van der Waals surface area contributed by atoms with E-state index >= 15 is 0 Å². The van der Waals surface area contributed by atoms with E-state index in [0.717, 1.165) is 24.2 Å². The summed E-state index contributed by atoms with van der Waals surface area (Å²) in [6.07, 6.45) is 2.37. The third-order valence-electron chi connectivity index (χ3n) is 4.62. The molecule has 0 radical (unpaired) electrons. The van der Waals surface area contributed by atoms with Crippen molar-refractivity contribution in [3.63, 3.8) is 0 Å². The van der Waals surface area contributed by atoms with Crippen molar-refractivity contribution >= 4 is 11.9 Å². The van der Waals surface area contributed by atoms with Crippen LogP contribution in [-0.2, 0) is 14.3 Å².